The maximum absolute atomic E-state index is 12.2. The van der Waals surface area contributed by atoms with Gasteiger partial charge in [-0.2, -0.15) is 0 Å². The molecule has 3 heterocycles. The van der Waals surface area contributed by atoms with Crippen molar-refractivity contribution in [3.8, 4) is 11.1 Å². The Morgan fingerprint density at radius 1 is 1.30 bits per heavy atom. The fourth-order valence-electron chi connectivity index (χ4n) is 4.49. The Bertz CT molecular complexity index is 1270. The topological polar surface area (TPSA) is 72.3 Å². The van der Waals surface area contributed by atoms with E-state index in [4.69, 9.17) is 9.72 Å². The zero-order valence-electron chi connectivity index (χ0n) is 16.9. The van der Waals surface area contributed by atoms with Gasteiger partial charge in [-0.1, -0.05) is 6.07 Å². The van der Waals surface area contributed by atoms with E-state index in [1.807, 2.05) is 19.4 Å². The van der Waals surface area contributed by atoms with Gasteiger partial charge in [0.1, 0.15) is 4.83 Å². The largest absolute Gasteiger partial charge is 0.479 e. The van der Waals surface area contributed by atoms with Gasteiger partial charge in [0.25, 0.3) is 0 Å². The molecule has 1 aliphatic carbocycles. The van der Waals surface area contributed by atoms with Crippen LogP contribution in [0.1, 0.15) is 47.6 Å². The van der Waals surface area contributed by atoms with Gasteiger partial charge in [0, 0.05) is 33.7 Å². The summed E-state index contributed by atoms with van der Waals surface area (Å²) >= 11 is 3.36. The first-order valence-electron chi connectivity index (χ1n) is 10.2. The number of carboxylic acids is 1. The molecule has 1 unspecified atom stereocenters. The number of pyridine rings is 1. The van der Waals surface area contributed by atoms with Gasteiger partial charge in [-0.15, -0.1) is 22.7 Å². The van der Waals surface area contributed by atoms with Crippen molar-refractivity contribution in [1.82, 2.24) is 9.97 Å². The molecular formula is C23H22N2O3S2. The van der Waals surface area contributed by atoms with Crippen molar-refractivity contribution in [1.29, 1.82) is 0 Å². The predicted molar refractivity (Wildman–Crippen MR) is 122 cm³/mol. The van der Waals surface area contributed by atoms with Crippen LogP contribution in [0, 0.1) is 6.92 Å². The molecular weight excluding hydrogens is 416 g/mol. The fraction of sp³-hybridized carbons (Fsp3) is 0.348. The van der Waals surface area contributed by atoms with E-state index in [1.54, 1.807) is 22.7 Å². The molecule has 7 heteroatoms. The lowest BCUT2D eigenvalue weighted by atomic mass is 9.88. The van der Waals surface area contributed by atoms with Crippen LogP contribution in [-0.4, -0.2) is 27.7 Å². The molecule has 1 N–H and O–H groups in total. The minimum atomic E-state index is -1.05. The van der Waals surface area contributed by atoms with Crippen molar-refractivity contribution in [2.75, 3.05) is 6.61 Å². The second kappa shape index (κ2) is 7.72. The number of hydrogen-bond donors (Lipinski definition) is 1. The molecule has 1 aromatic carbocycles. The lowest BCUT2D eigenvalue weighted by Gasteiger charge is -2.21. The molecule has 0 fully saturated rings. The minimum absolute atomic E-state index is 0.320. The number of thiazole rings is 1. The summed E-state index contributed by atoms with van der Waals surface area (Å²) in [5.41, 5.74) is 7.43. The zero-order valence-corrected chi connectivity index (χ0v) is 18.5. The van der Waals surface area contributed by atoms with Gasteiger partial charge < -0.3 is 9.84 Å². The number of nitrogens with zero attached hydrogens (tertiary/aromatic N) is 2. The summed E-state index contributed by atoms with van der Waals surface area (Å²) in [6.45, 7) is 4.04. The van der Waals surface area contributed by atoms with Crippen molar-refractivity contribution in [2.45, 2.75) is 45.6 Å². The highest BCUT2D eigenvalue weighted by Crippen LogP contribution is 2.45. The van der Waals surface area contributed by atoms with E-state index in [0.29, 0.717) is 12.2 Å². The molecule has 0 aliphatic heterocycles. The van der Waals surface area contributed by atoms with Crippen LogP contribution in [0.2, 0.25) is 0 Å². The Morgan fingerprint density at radius 2 is 2.13 bits per heavy atom. The highest BCUT2D eigenvalue weighted by atomic mass is 32.1. The van der Waals surface area contributed by atoms with Crippen LogP contribution in [0.4, 0.5) is 0 Å². The third-order valence-electron chi connectivity index (χ3n) is 5.77. The lowest BCUT2D eigenvalue weighted by molar-refractivity contribution is -0.150. The Kier molecular flexibility index (Phi) is 5.05. The molecule has 154 valence electrons. The Hall–Kier alpha value is -2.35. The van der Waals surface area contributed by atoms with Gasteiger partial charge in [0.2, 0.25) is 0 Å². The highest BCUT2D eigenvalue weighted by molar-refractivity contribution is 7.19. The molecule has 0 saturated carbocycles. The SMILES string of the molecule is CCOC(C(=O)O)c1c(C)nc2sc3c(c2c1-c1ccc2scnc2c1)CCCC3. The molecule has 5 nitrogen and oxygen atoms in total. The number of aryl methyl sites for hydroxylation is 3. The van der Waals surface area contributed by atoms with E-state index in [0.717, 1.165) is 56.5 Å². The number of hydrogen-bond acceptors (Lipinski definition) is 6. The molecule has 0 spiro atoms. The van der Waals surface area contributed by atoms with Gasteiger partial charge in [-0.3, -0.25) is 0 Å². The summed E-state index contributed by atoms with van der Waals surface area (Å²) in [6, 6.07) is 6.22. The molecule has 0 bridgehead atoms. The van der Waals surface area contributed by atoms with Crippen LogP contribution in [0.15, 0.2) is 23.7 Å². The number of rotatable bonds is 5. The van der Waals surface area contributed by atoms with E-state index in [1.165, 1.54) is 16.9 Å². The van der Waals surface area contributed by atoms with Crippen LogP contribution in [0.25, 0.3) is 31.6 Å². The van der Waals surface area contributed by atoms with Crippen LogP contribution in [0.3, 0.4) is 0 Å². The van der Waals surface area contributed by atoms with Crippen molar-refractivity contribution >= 4 is 49.1 Å². The lowest BCUT2D eigenvalue weighted by Crippen LogP contribution is -2.18. The number of ether oxygens (including phenoxy) is 1. The summed E-state index contributed by atoms with van der Waals surface area (Å²) < 4.78 is 6.84. The molecule has 1 atom stereocenters. The molecule has 30 heavy (non-hydrogen) atoms. The molecule has 5 rings (SSSR count). The predicted octanol–water partition coefficient (Wildman–Crippen LogP) is 5.92. The number of aromatic nitrogens is 2. The van der Waals surface area contributed by atoms with E-state index < -0.39 is 12.1 Å². The summed E-state index contributed by atoms with van der Waals surface area (Å²) in [5, 5.41) is 11.1. The number of fused-ring (bicyclic) bond motifs is 4. The van der Waals surface area contributed by atoms with Crippen molar-refractivity contribution in [2.24, 2.45) is 0 Å². The van der Waals surface area contributed by atoms with Crippen molar-refractivity contribution < 1.29 is 14.6 Å². The van der Waals surface area contributed by atoms with E-state index >= 15 is 0 Å². The number of carbonyl (C=O) groups is 1. The minimum Gasteiger partial charge on any atom is -0.479 e. The van der Waals surface area contributed by atoms with Crippen LogP contribution < -0.4 is 0 Å². The van der Waals surface area contributed by atoms with Gasteiger partial charge in [-0.05, 0) is 62.8 Å². The summed E-state index contributed by atoms with van der Waals surface area (Å²) in [5.74, 6) is -0.985. The summed E-state index contributed by atoms with van der Waals surface area (Å²) in [6.07, 6.45) is 3.39. The summed E-state index contributed by atoms with van der Waals surface area (Å²) in [4.78, 5) is 23.9. The number of benzene rings is 1. The van der Waals surface area contributed by atoms with Crippen molar-refractivity contribution in [3.05, 3.63) is 45.4 Å². The molecule has 0 saturated heterocycles. The van der Waals surface area contributed by atoms with E-state index in [9.17, 15) is 9.90 Å². The van der Waals surface area contributed by atoms with Gasteiger partial charge in [0.15, 0.2) is 6.10 Å². The maximum atomic E-state index is 12.2. The van der Waals surface area contributed by atoms with Crippen LogP contribution in [-0.2, 0) is 22.4 Å². The first kappa shape index (κ1) is 19.6. The third-order valence-corrected chi connectivity index (χ3v) is 7.77. The first-order valence-corrected chi connectivity index (χ1v) is 11.9. The molecule has 0 amide bonds. The van der Waals surface area contributed by atoms with Gasteiger partial charge >= 0.3 is 5.97 Å². The molecule has 4 aromatic rings. The average molecular weight is 439 g/mol. The summed E-state index contributed by atoms with van der Waals surface area (Å²) in [7, 11) is 0. The van der Waals surface area contributed by atoms with Crippen LogP contribution >= 0.6 is 22.7 Å². The normalized spacial score (nSPS) is 14.9. The first-order chi connectivity index (χ1) is 14.6. The second-order valence-electron chi connectivity index (χ2n) is 7.59. The Labute approximate surface area is 182 Å². The Morgan fingerprint density at radius 3 is 2.93 bits per heavy atom. The Balaban J connectivity index is 1.89. The number of aliphatic carboxylic acids is 1. The monoisotopic (exact) mass is 438 g/mol. The quantitative estimate of drug-likeness (QED) is 0.419. The molecule has 1 aliphatic rings. The molecule has 0 radical (unpaired) electrons. The number of carboxylic acid groups (broad SMARTS) is 1. The zero-order chi connectivity index (χ0) is 20.8. The van der Waals surface area contributed by atoms with E-state index in [-0.39, 0.29) is 0 Å². The second-order valence-corrected chi connectivity index (χ2v) is 9.56. The van der Waals surface area contributed by atoms with Crippen LogP contribution in [0.5, 0.6) is 0 Å². The smallest absolute Gasteiger partial charge is 0.337 e. The number of thiophene rings is 1. The maximum Gasteiger partial charge on any atom is 0.337 e. The average Bonchev–Trinajstić information content (AvgIpc) is 3.34. The van der Waals surface area contributed by atoms with E-state index in [2.05, 4.69) is 23.2 Å². The van der Waals surface area contributed by atoms with Gasteiger partial charge in [0.05, 0.1) is 15.7 Å². The fourth-order valence-corrected chi connectivity index (χ4v) is 6.47. The highest BCUT2D eigenvalue weighted by Gasteiger charge is 2.31. The standard InChI is InChI=1S/C23H22N2O3S2/c1-3-28-21(23(26)27)18-12(2)25-22-20(14-6-4-5-7-16(14)30-22)19(18)13-8-9-17-15(10-13)24-11-29-17/h8-11,21H,3-7H2,1-2H3,(H,26,27). The molecule has 3 aromatic heterocycles. The third kappa shape index (κ3) is 3.12. The van der Waals surface area contributed by atoms with Gasteiger partial charge in [-0.25, -0.2) is 14.8 Å². The van der Waals surface area contributed by atoms with Crippen molar-refractivity contribution in [3.63, 3.8) is 0 Å².